The fraction of sp³-hybridized carbons (Fsp3) is 0.357. The molecule has 0 spiro atoms. The lowest BCUT2D eigenvalue weighted by Crippen LogP contribution is -2.31. The summed E-state index contributed by atoms with van der Waals surface area (Å²) in [5.41, 5.74) is 0.972. The van der Waals surface area contributed by atoms with Crippen LogP contribution in [0.1, 0.15) is 12.5 Å². The van der Waals surface area contributed by atoms with E-state index in [1.165, 1.54) is 0 Å². The molecule has 1 aromatic rings. The first kappa shape index (κ1) is 14.6. The Labute approximate surface area is 113 Å². The van der Waals surface area contributed by atoms with Gasteiger partial charge in [-0.05, 0) is 13.0 Å². The van der Waals surface area contributed by atoms with Gasteiger partial charge in [0.1, 0.15) is 11.6 Å². The van der Waals surface area contributed by atoms with Crippen LogP contribution in [0.5, 0.6) is 5.75 Å². The molecule has 0 radical (unpaired) electrons. The highest BCUT2D eigenvalue weighted by molar-refractivity contribution is 6.27. The number of para-hydroxylation sites is 1. The van der Waals surface area contributed by atoms with Crippen LogP contribution in [0.25, 0.3) is 0 Å². The zero-order chi connectivity index (χ0) is 13.4. The number of amides is 1. The second kappa shape index (κ2) is 7.77. The van der Waals surface area contributed by atoms with Crippen molar-refractivity contribution in [2.45, 2.75) is 13.5 Å². The van der Waals surface area contributed by atoms with E-state index in [2.05, 4.69) is 6.58 Å². The Balaban J connectivity index is 2.85. The van der Waals surface area contributed by atoms with Crippen molar-refractivity contribution in [1.82, 2.24) is 4.90 Å². The highest BCUT2D eigenvalue weighted by atomic mass is 35.5. The number of carbonyl (C=O) groups excluding carboxylic acids is 1. The zero-order valence-electron chi connectivity index (χ0n) is 10.6. The van der Waals surface area contributed by atoms with Gasteiger partial charge < -0.3 is 9.64 Å². The van der Waals surface area contributed by atoms with E-state index in [4.69, 9.17) is 16.3 Å². The number of hydrogen-bond donors (Lipinski definition) is 0. The highest BCUT2D eigenvalue weighted by Crippen LogP contribution is 2.20. The predicted molar refractivity (Wildman–Crippen MR) is 73.9 cm³/mol. The fourth-order valence-corrected chi connectivity index (χ4v) is 1.80. The van der Waals surface area contributed by atoms with E-state index in [-0.39, 0.29) is 11.8 Å². The number of nitrogens with zero attached hydrogens (tertiary/aromatic N) is 1. The minimum atomic E-state index is -0.108. The average molecular weight is 268 g/mol. The first-order valence-corrected chi connectivity index (χ1v) is 6.41. The number of rotatable bonds is 7. The SMILES string of the molecule is C=CCN(Cc1ccccc1OCC)C(=O)CCl. The fourth-order valence-electron chi connectivity index (χ4n) is 1.63. The molecular weight excluding hydrogens is 250 g/mol. The standard InChI is InChI=1S/C14H18ClNO2/c1-3-9-16(14(17)10-15)11-12-7-5-6-8-13(12)18-4-2/h3,5-8H,1,4,9-11H2,2H3. The first-order valence-electron chi connectivity index (χ1n) is 5.88. The number of halogens is 1. The van der Waals surface area contributed by atoms with Gasteiger partial charge >= 0.3 is 0 Å². The number of carbonyl (C=O) groups is 1. The summed E-state index contributed by atoms with van der Waals surface area (Å²) in [4.78, 5) is 13.3. The molecule has 0 heterocycles. The van der Waals surface area contributed by atoms with Gasteiger partial charge in [-0.15, -0.1) is 18.2 Å². The van der Waals surface area contributed by atoms with Crippen molar-refractivity contribution in [3.8, 4) is 5.75 Å². The number of alkyl halides is 1. The smallest absolute Gasteiger partial charge is 0.238 e. The van der Waals surface area contributed by atoms with Crippen molar-refractivity contribution >= 4 is 17.5 Å². The molecule has 0 aromatic heterocycles. The molecule has 0 unspecified atom stereocenters. The Morgan fingerprint density at radius 1 is 1.50 bits per heavy atom. The lowest BCUT2D eigenvalue weighted by molar-refractivity contribution is -0.128. The van der Waals surface area contributed by atoms with Crippen LogP contribution in [0.2, 0.25) is 0 Å². The molecule has 0 N–H and O–H groups in total. The first-order chi connectivity index (χ1) is 8.72. The van der Waals surface area contributed by atoms with Gasteiger partial charge in [-0.1, -0.05) is 24.3 Å². The lowest BCUT2D eigenvalue weighted by Gasteiger charge is -2.21. The summed E-state index contributed by atoms with van der Waals surface area (Å²) in [5.74, 6) is 0.671. The van der Waals surface area contributed by atoms with Gasteiger partial charge in [-0.2, -0.15) is 0 Å². The molecule has 0 aliphatic carbocycles. The maximum absolute atomic E-state index is 11.7. The van der Waals surface area contributed by atoms with Gasteiger partial charge in [0.05, 0.1) is 6.61 Å². The molecule has 0 aliphatic rings. The van der Waals surface area contributed by atoms with Crippen LogP contribution >= 0.6 is 11.6 Å². The van der Waals surface area contributed by atoms with Gasteiger partial charge in [0, 0.05) is 18.7 Å². The van der Waals surface area contributed by atoms with E-state index in [0.717, 1.165) is 11.3 Å². The zero-order valence-corrected chi connectivity index (χ0v) is 11.3. The van der Waals surface area contributed by atoms with E-state index >= 15 is 0 Å². The average Bonchev–Trinajstić information content (AvgIpc) is 2.39. The summed E-state index contributed by atoms with van der Waals surface area (Å²) < 4.78 is 5.53. The number of benzene rings is 1. The van der Waals surface area contributed by atoms with Crippen LogP contribution in [0, 0.1) is 0 Å². The summed E-state index contributed by atoms with van der Waals surface area (Å²) in [5, 5.41) is 0. The normalized spacial score (nSPS) is 9.89. The molecular formula is C14H18ClNO2. The molecule has 0 saturated heterocycles. The summed E-state index contributed by atoms with van der Waals surface area (Å²) in [7, 11) is 0. The second-order valence-electron chi connectivity index (χ2n) is 3.74. The number of hydrogen-bond acceptors (Lipinski definition) is 2. The van der Waals surface area contributed by atoms with Gasteiger partial charge in [0.15, 0.2) is 0 Å². The van der Waals surface area contributed by atoms with Gasteiger partial charge in [-0.3, -0.25) is 4.79 Å². The van der Waals surface area contributed by atoms with Crippen LogP contribution in [-0.4, -0.2) is 29.8 Å². The van der Waals surface area contributed by atoms with Gasteiger partial charge in [0.25, 0.3) is 0 Å². The van der Waals surface area contributed by atoms with Crippen molar-refractivity contribution < 1.29 is 9.53 Å². The molecule has 4 heteroatoms. The lowest BCUT2D eigenvalue weighted by atomic mass is 10.2. The highest BCUT2D eigenvalue weighted by Gasteiger charge is 2.13. The van der Waals surface area contributed by atoms with E-state index < -0.39 is 0 Å². The Morgan fingerprint density at radius 3 is 2.83 bits per heavy atom. The van der Waals surface area contributed by atoms with Crippen LogP contribution < -0.4 is 4.74 Å². The third kappa shape index (κ3) is 4.08. The van der Waals surface area contributed by atoms with Crippen molar-refractivity contribution in [3.05, 3.63) is 42.5 Å². The van der Waals surface area contributed by atoms with Crippen molar-refractivity contribution in [2.24, 2.45) is 0 Å². The summed E-state index contributed by atoms with van der Waals surface area (Å²) in [6.45, 7) is 7.14. The minimum Gasteiger partial charge on any atom is -0.494 e. The molecule has 0 aliphatic heterocycles. The quantitative estimate of drug-likeness (QED) is 0.562. The molecule has 0 saturated carbocycles. The van der Waals surface area contributed by atoms with Gasteiger partial charge in [0.2, 0.25) is 5.91 Å². The van der Waals surface area contributed by atoms with Crippen molar-refractivity contribution in [1.29, 1.82) is 0 Å². The van der Waals surface area contributed by atoms with Crippen LogP contribution in [0.15, 0.2) is 36.9 Å². The summed E-state index contributed by atoms with van der Waals surface area (Å²) in [6.07, 6.45) is 1.69. The van der Waals surface area contributed by atoms with Crippen LogP contribution in [-0.2, 0) is 11.3 Å². The molecule has 1 rings (SSSR count). The molecule has 0 fully saturated rings. The molecule has 1 amide bonds. The Bertz CT molecular complexity index is 407. The van der Waals surface area contributed by atoms with E-state index in [1.807, 2.05) is 31.2 Å². The monoisotopic (exact) mass is 267 g/mol. The second-order valence-corrected chi connectivity index (χ2v) is 4.00. The Morgan fingerprint density at radius 2 is 2.22 bits per heavy atom. The molecule has 18 heavy (non-hydrogen) atoms. The summed E-state index contributed by atoms with van der Waals surface area (Å²) >= 11 is 5.59. The Hall–Kier alpha value is -1.48. The van der Waals surface area contributed by atoms with Crippen molar-refractivity contribution in [3.63, 3.8) is 0 Å². The van der Waals surface area contributed by atoms with E-state index in [1.54, 1.807) is 11.0 Å². The van der Waals surface area contributed by atoms with Crippen LogP contribution in [0.3, 0.4) is 0 Å². The third-order valence-electron chi connectivity index (χ3n) is 2.45. The van der Waals surface area contributed by atoms with E-state index in [0.29, 0.717) is 19.7 Å². The maximum Gasteiger partial charge on any atom is 0.238 e. The maximum atomic E-state index is 11.7. The summed E-state index contributed by atoms with van der Waals surface area (Å²) in [6, 6.07) is 7.68. The minimum absolute atomic E-state index is 0.0232. The number of ether oxygens (including phenoxy) is 1. The predicted octanol–water partition coefficient (Wildman–Crippen LogP) is 2.84. The van der Waals surface area contributed by atoms with Crippen LogP contribution in [0.4, 0.5) is 0 Å². The molecule has 98 valence electrons. The van der Waals surface area contributed by atoms with Gasteiger partial charge in [-0.25, -0.2) is 0 Å². The largest absolute Gasteiger partial charge is 0.494 e. The molecule has 3 nitrogen and oxygen atoms in total. The molecule has 1 aromatic carbocycles. The third-order valence-corrected chi connectivity index (χ3v) is 2.68. The molecule has 0 bridgehead atoms. The Kier molecular flexibility index (Phi) is 6.29. The molecule has 0 atom stereocenters. The van der Waals surface area contributed by atoms with Crippen molar-refractivity contribution in [2.75, 3.05) is 19.0 Å². The topological polar surface area (TPSA) is 29.5 Å². The van der Waals surface area contributed by atoms with E-state index in [9.17, 15) is 4.79 Å².